The third-order valence-corrected chi connectivity index (χ3v) is 4.16. The molecule has 0 aromatic heterocycles. The number of nitrogens with one attached hydrogen (secondary N) is 1. The minimum atomic E-state index is -0.500. The monoisotopic (exact) mass is 362 g/mol. The fourth-order valence-corrected chi connectivity index (χ4v) is 2.44. The van der Waals surface area contributed by atoms with E-state index < -0.39 is 4.92 Å². The van der Waals surface area contributed by atoms with E-state index in [1.807, 2.05) is 26.0 Å². The van der Waals surface area contributed by atoms with Crippen LogP contribution in [0.1, 0.15) is 24.0 Å². The van der Waals surface area contributed by atoms with Crippen LogP contribution in [0.15, 0.2) is 36.4 Å². The number of amides is 1. The summed E-state index contributed by atoms with van der Waals surface area (Å²) in [5, 5.41) is 14.1. The Bertz CT molecular complexity index is 769. The molecule has 6 nitrogen and oxygen atoms in total. The largest absolute Gasteiger partial charge is 0.494 e. The third kappa shape index (κ3) is 5.46. The van der Waals surface area contributed by atoms with Gasteiger partial charge in [0, 0.05) is 29.3 Å². The van der Waals surface area contributed by atoms with Gasteiger partial charge < -0.3 is 10.1 Å². The van der Waals surface area contributed by atoms with Gasteiger partial charge in [-0.3, -0.25) is 14.9 Å². The van der Waals surface area contributed by atoms with Gasteiger partial charge in [0.05, 0.1) is 11.5 Å². The van der Waals surface area contributed by atoms with E-state index in [1.165, 1.54) is 18.2 Å². The van der Waals surface area contributed by atoms with Gasteiger partial charge in [-0.1, -0.05) is 17.7 Å². The molecular formula is C18H19ClN2O4. The zero-order chi connectivity index (χ0) is 18.4. The second-order valence-corrected chi connectivity index (χ2v) is 6.06. The molecule has 0 spiro atoms. The molecule has 1 N–H and O–H groups in total. The number of ether oxygens (including phenoxy) is 1. The van der Waals surface area contributed by atoms with Gasteiger partial charge in [-0.2, -0.15) is 0 Å². The Morgan fingerprint density at radius 3 is 2.56 bits per heavy atom. The molecule has 25 heavy (non-hydrogen) atoms. The van der Waals surface area contributed by atoms with E-state index >= 15 is 0 Å². The minimum absolute atomic E-state index is 0.0605. The smallest absolute Gasteiger partial charge is 0.271 e. The summed E-state index contributed by atoms with van der Waals surface area (Å²) in [5.41, 5.74) is 2.24. The maximum absolute atomic E-state index is 11.9. The number of nitro benzene ring substituents is 1. The van der Waals surface area contributed by atoms with E-state index in [-0.39, 0.29) is 18.0 Å². The van der Waals surface area contributed by atoms with Crippen LogP contribution < -0.4 is 10.1 Å². The number of benzene rings is 2. The number of non-ortho nitro benzene ring substituents is 1. The molecule has 0 aliphatic rings. The Kier molecular flexibility index (Phi) is 6.36. The lowest BCUT2D eigenvalue weighted by Crippen LogP contribution is -2.13. The number of nitrogens with zero attached hydrogens (tertiary/aromatic N) is 1. The first kappa shape index (κ1) is 18.7. The summed E-state index contributed by atoms with van der Waals surface area (Å²) in [7, 11) is 0. The van der Waals surface area contributed by atoms with Crippen molar-refractivity contribution in [2.45, 2.75) is 26.7 Å². The zero-order valence-electron chi connectivity index (χ0n) is 14.0. The van der Waals surface area contributed by atoms with Crippen LogP contribution in [-0.2, 0) is 4.79 Å². The van der Waals surface area contributed by atoms with Crippen molar-refractivity contribution >= 4 is 28.9 Å². The number of rotatable bonds is 7. The van der Waals surface area contributed by atoms with E-state index in [9.17, 15) is 14.9 Å². The molecule has 0 aliphatic heterocycles. The van der Waals surface area contributed by atoms with Gasteiger partial charge in [0.25, 0.3) is 5.69 Å². The highest BCUT2D eigenvalue weighted by Gasteiger charge is 2.08. The first-order valence-electron chi connectivity index (χ1n) is 7.80. The molecule has 0 unspecified atom stereocenters. The number of carbonyl (C=O) groups excluding carboxylic acids is 1. The molecule has 2 aromatic rings. The van der Waals surface area contributed by atoms with Gasteiger partial charge in [0.2, 0.25) is 5.91 Å². The number of anilines is 1. The summed E-state index contributed by atoms with van der Waals surface area (Å²) in [5.74, 6) is 0.506. The van der Waals surface area contributed by atoms with Gasteiger partial charge >= 0.3 is 0 Å². The van der Waals surface area contributed by atoms with E-state index in [0.717, 1.165) is 21.9 Å². The van der Waals surface area contributed by atoms with Crippen LogP contribution in [0.3, 0.4) is 0 Å². The van der Waals surface area contributed by atoms with Gasteiger partial charge in [-0.05, 0) is 49.6 Å². The second-order valence-electron chi connectivity index (χ2n) is 5.68. The molecule has 0 atom stereocenters. The Morgan fingerprint density at radius 2 is 1.92 bits per heavy atom. The highest BCUT2D eigenvalue weighted by atomic mass is 35.5. The van der Waals surface area contributed by atoms with E-state index in [0.29, 0.717) is 18.7 Å². The summed E-state index contributed by atoms with van der Waals surface area (Å²) in [4.78, 5) is 22.1. The predicted molar refractivity (Wildman–Crippen MR) is 97.4 cm³/mol. The average Bonchev–Trinajstić information content (AvgIpc) is 2.56. The summed E-state index contributed by atoms with van der Waals surface area (Å²) in [6.45, 7) is 4.21. The van der Waals surface area contributed by atoms with Crippen LogP contribution in [0.2, 0.25) is 5.02 Å². The Balaban J connectivity index is 1.79. The van der Waals surface area contributed by atoms with Crippen molar-refractivity contribution in [3.05, 3.63) is 62.7 Å². The summed E-state index contributed by atoms with van der Waals surface area (Å²) in [6, 6.07) is 9.56. The van der Waals surface area contributed by atoms with Gasteiger partial charge in [-0.15, -0.1) is 0 Å². The predicted octanol–water partition coefficient (Wildman–Crippen LogP) is 4.66. The molecule has 0 fully saturated rings. The second kappa shape index (κ2) is 8.48. The van der Waals surface area contributed by atoms with Crippen LogP contribution in [-0.4, -0.2) is 17.4 Å². The standard InChI is InChI=1S/C18H19ClN2O4/c1-12-9-16(10-13(2)18(12)19)25-8-4-7-17(22)20-14-5-3-6-15(11-14)21(23)24/h3,5-6,9-11H,4,7-8H2,1-2H3,(H,20,22). The van der Waals surface area contributed by atoms with E-state index in [1.54, 1.807) is 6.07 Å². The molecule has 132 valence electrons. The first-order chi connectivity index (χ1) is 11.9. The number of hydrogen-bond donors (Lipinski definition) is 1. The zero-order valence-corrected chi connectivity index (χ0v) is 14.8. The maximum atomic E-state index is 11.9. The molecule has 0 bridgehead atoms. The Morgan fingerprint density at radius 1 is 1.24 bits per heavy atom. The van der Waals surface area contributed by atoms with E-state index in [2.05, 4.69) is 5.32 Å². The lowest BCUT2D eigenvalue weighted by molar-refractivity contribution is -0.384. The lowest BCUT2D eigenvalue weighted by Gasteiger charge is -2.10. The molecule has 0 saturated carbocycles. The maximum Gasteiger partial charge on any atom is 0.271 e. The van der Waals surface area contributed by atoms with Crippen molar-refractivity contribution in [2.24, 2.45) is 0 Å². The van der Waals surface area contributed by atoms with Crippen LogP contribution in [0.25, 0.3) is 0 Å². The topological polar surface area (TPSA) is 81.5 Å². The van der Waals surface area contributed by atoms with Crippen molar-refractivity contribution < 1.29 is 14.5 Å². The molecule has 0 radical (unpaired) electrons. The molecule has 0 heterocycles. The third-order valence-electron chi connectivity index (χ3n) is 3.57. The summed E-state index contributed by atoms with van der Waals surface area (Å²) in [6.07, 6.45) is 0.787. The fraction of sp³-hybridized carbons (Fsp3) is 0.278. The lowest BCUT2D eigenvalue weighted by atomic mass is 10.1. The van der Waals surface area contributed by atoms with Crippen LogP contribution >= 0.6 is 11.6 Å². The molecule has 0 aliphatic carbocycles. The average molecular weight is 363 g/mol. The molecule has 1 amide bonds. The van der Waals surface area contributed by atoms with Crippen molar-refractivity contribution in [2.75, 3.05) is 11.9 Å². The normalized spacial score (nSPS) is 10.4. The highest BCUT2D eigenvalue weighted by molar-refractivity contribution is 6.32. The molecule has 7 heteroatoms. The first-order valence-corrected chi connectivity index (χ1v) is 8.18. The molecule has 2 rings (SSSR count). The number of hydrogen-bond acceptors (Lipinski definition) is 4. The SMILES string of the molecule is Cc1cc(OCCCC(=O)Nc2cccc([N+](=O)[O-])c2)cc(C)c1Cl. The van der Waals surface area contributed by atoms with Gasteiger partial charge in [-0.25, -0.2) is 0 Å². The molecular weight excluding hydrogens is 344 g/mol. The van der Waals surface area contributed by atoms with Crippen molar-refractivity contribution in [3.8, 4) is 5.75 Å². The Hall–Kier alpha value is -2.60. The molecule has 2 aromatic carbocycles. The van der Waals surface area contributed by atoms with Crippen molar-refractivity contribution in [3.63, 3.8) is 0 Å². The number of aryl methyl sites for hydroxylation is 2. The fourth-order valence-electron chi connectivity index (χ4n) is 2.33. The van der Waals surface area contributed by atoms with Crippen molar-refractivity contribution in [1.29, 1.82) is 0 Å². The highest BCUT2D eigenvalue weighted by Crippen LogP contribution is 2.26. The number of carbonyl (C=O) groups is 1. The van der Waals surface area contributed by atoms with Gasteiger partial charge in [0.1, 0.15) is 5.75 Å². The minimum Gasteiger partial charge on any atom is -0.494 e. The quantitative estimate of drug-likeness (QED) is 0.441. The number of nitro groups is 1. The van der Waals surface area contributed by atoms with E-state index in [4.69, 9.17) is 16.3 Å². The Labute approximate surface area is 150 Å². The molecule has 0 saturated heterocycles. The summed E-state index contributed by atoms with van der Waals surface area (Å²) >= 11 is 6.11. The number of halogens is 1. The van der Waals surface area contributed by atoms with Crippen LogP contribution in [0, 0.1) is 24.0 Å². The summed E-state index contributed by atoms with van der Waals surface area (Å²) < 4.78 is 5.65. The van der Waals surface area contributed by atoms with Crippen LogP contribution in [0.4, 0.5) is 11.4 Å². The van der Waals surface area contributed by atoms with Crippen molar-refractivity contribution in [1.82, 2.24) is 0 Å². The van der Waals surface area contributed by atoms with Crippen LogP contribution in [0.5, 0.6) is 5.75 Å². The van der Waals surface area contributed by atoms with Gasteiger partial charge in [0.15, 0.2) is 0 Å².